The zero-order chi connectivity index (χ0) is 15.7. The number of nitrogens with zero attached hydrogens (tertiary/aromatic N) is 4. The summed E-state index contributed by atoms with van der Waals surface area (Å²) in [6.07, 6.45) is 4.56. The monoisotopic (exact) mass is 314 g/mol. The molecule has 0 radical (unpaired) electrons. The van der Waals surface area contributed by atoms with Crippen LogP contribution in [0, 0.1) is 0 Å². The van der Waals surface area contributed by atoms with Gasteiger partial charge in [-0.15, -0.1) is 0 Å². The maximum absolute atomic E-state index is 12.7. The van der Waals surface area contributed by atoms with Crippen LogP contribution in [-0.2, 0) is 20.4 Å². The van der Waals surface area contributed by atoms with Gasteiger partial charge < -0.3 is 4.90 Å². The lowest BCUT2D eigenvalue weighted by Gasteiger charge is -2.42. The van der Waals surface area contributed by atoms with E-state index in [2.05, 4.69) is 5.10 Å². The fourth-order valence-corrected chi connectivity index (χ4v) is 4.00. The molecule has 1 aromatic rings. The molecule has 0 saturated carbocycles. The standard InChI is InChI=1S/C13H22N4O3S/c1-4-21(19,20)16-9-5-7-13(11-16,12(18)15(2)3)17-10-6-8-14-17/h6,8,10H,4-5,7,9,11H2,1-3H3. The normalized spacial score (nSPS) is 24.0. The smallest absolute Gasteiger partial charge is 0.251 e. The molecule has 0 spiro atoms. The third kappa shape index (κ3) is 2.82. The second-order valence-corrected chi connectivity index (χ2v) is 7.78. The predicted molar refractivity (Wildman–Crippen MR) is 79.2 cm³/mol. The molecule has 1 aliphatic heterocycles. The molecule has 0 aromatic carbocycles. The van der Waals surface area contributed by atoms with Gasteiger partial charge in [0.1, 0.15) is 0 Å². The average molecular weight is 314 g/mol. The number of rotatable bonds is 4. The highest BCUT2D eigenvalue weighted by atomic mass is 32.2. The molecule has 1 unspecified atom stereocenters. The van der Waals surface area contributed by atoms with Gasteiger partial charge in [-0.2, -0.15) is 9.40 Å². The Morgan fingerprint density at radius 2 is 2.14 bits per heavy atom. The number of sulfonamides is 1. The van der Waals surface area contributed by atoms with Crippen LogP contribution in [0.15, 0.2) is 18.5 Å². The Morgan fingerprint density at radius 3 is 2.67 bits per heavy atom. The second kappa shape index (κ2) is 5.76. The molecule has 8 heteroatoms. The van der Waals surface area contributed by atoms with Crippen LogP contribution < -0.4 is 0 Å². The predicted octanol–water partition coefficient (Wildman–Crippen LogP) is 0.112. The van der Waals surface area contributed by atoms with Crippen molar-refractivity contribution in [2.24, 2.45) is 0 Å². The fourth-order valence-electron chi connectivity index (χ4n) is 2.82. The van der Waals surface area contributed by atoms with E-state index in [4.69, 9.17) is 0 Å². The summed E-state index contributed by atoms with van der Waals surface area (Å²) in [4.78, 5) is 14.2. The first kappa shape index (κ1) is 16.0. The molecule has 21 heavy (non-hydrogen) atoms. The summed E-state index contributed by atoms with van der Waals surface area (Å²) >= 11 is 0. The quantitative estimate of drug-likeness (QED) is 0.790. The van der Waals surface area contributed by atoms with Crippen molar-refractivity contribution < 1.29 is 13.2 Å². The van der Waals surface area contributed by atoms with E-state index >= 15 is 0 Å². The van der Waals surface area contributed by atoms with Gasteiger partial charge >= 0.3 is 0 Å². The number of carbonyl (C=O) groups is 1. The van der Waals surface area contributed by atoms with Crippen molar-refractivity contribution >= 4 is 15.9 Å². The maximum Gasteiger partial charge on any atom is 0.251 e. The molecular weight excluding hydrogens is 292 g/mol. The highest BCUT2D eigenvalue weighted by Gasteiger charge is 2.47. The van der Waals surface area contributed by atoms with Crippen molar-refractivity contribution in [3.8, 4) is 0 Å². The molecular formula is C13H22N4O3S. The molecule has 7 nitrogen and oxygen atoms in total. The van der Waals surface area contributed by atoms with Crippen molar-refractivity contribution in [2.75, 3.05) is 32.9 Å². The summed E-state index contributed by atoms with van der Waals surface area (Å²) in [5.74, 6) is -0.0829. The highest BCUT2D eigenvalue weighted by molar-refractivity contribution is 7.89. The molecule has 1 aliphatic rings. The first-order valence-electron chi connectivity index (χ1n) is 7.03. The van der Waals surface area contributed by atoms with Crippen molar-refractivity contribution in [1.82, 2.24) is 19.0 Å². The van der Waals surface area contributed by atoms with Crippen LogP contribution in [0.3, 0.4) is 0 Å². The Balaban J connectivity index is 2.44. The number of amides is 1. The number of aromatic nitrogens is 2. The molecule has 1 fully saturated rings. The molecule has 1 aromatic heterocycles. The van der Waals surface area contributed by atoms with Crippen molar-refractivity contribution in [1.29, 1.82) is 0 Å². The summed E-state index contributed by atoms with van der Waals surface area (Å²) in [5, 5.41) is 4.21. The van der Waals surface area contributed by atoms with Crippen LogP contribution in [0.2, 0.25) is 0 Å². The van der Waals surface area contributed by atoms with E-state index in [0.29, 0.717) is 19.4 Å². The molecule has 0 bridgehead atoms. The SMILES string of the molecule is CCS(=O)(=O)N1CCCC(C(=O)N(C)C)(n2cccn2)C1. The zero-order valence-electron chi connectivity index (χ0n) is 12.7. The van der Waals surface area contributed by atoms with Crippen molar-refractivity contribution in [2.45, 2.75) is 25.3 Å². The number of likely N-dealkylation sites (N-methyl/N-ethyl adjacent to an activating group) is 1. The molecule has 1 atom stereocenters. The molecule has 2 heterocycles. The van der Waals surface area contributed by atoms with Crippen molar-refractivity contribution in [3.63, 3.8) is 0 Å². The van der Waals surface area contributed by atoms with Crippen molar-refractivity contribution in [3.05, 3.63) is 18.5 Å². The van der Waals surface area contributed by atoms with Gasteiger partial charge in [0.15, 0.2) is 5.54 Å². The summed E-state index contributed by atoms with van der Waals surface area (Å²) in [6, 6.07) is 1.75. The van der Waals surface area contributed by atoms with Gasteiger partial charge in [0.05, 0.1) is 5.75 Å². The maximum atomic E-state index is 12.7. The van der Waals surface area contributed by atoms with E-state index in [9.17, 15) is 13.2 Å². The Kier molecular flexibility index (Phi) is 4.38. The van der Waals surface area contributed by atoms with Gasteiger partial charge in [-0.1, -0.05) is 0 Å². The Hall–Kier alpha value is -1.41. The molecule has 2 rings (SSSR count). The van der Waals surface area contributed by atoms with Crippen LogP contribution >= 0.6 is 0 Å². The van der Waals surface area contributed by atoms with E-state index in [1.807, 2.05) is 0 Å². The zero-order valence-corrected chi connectivity index (χ0v) is 13.5. The summed E-state index contributed by atoms with van der Waals surface area (Å²) in [5.41, 5.74) is -0.951. The van der Waals surface area contributed by atoms with Gasteiger partial charge in [-0.3, -0.25) is 9.48 Å². The topological polar surface area (TPSA) is 75.5 Å². The summed E-state index contributed by atoms with van der Waals surface area (Å²) in [6.45, 7) is 2.22. The number of carbonyl (C=O) groups excluding carboxylic acids is 1. The average Bonchev–Trinajstić information content (AvgIpc) is 3.01. The summed E-state index contributed by atoms with van der Waals surface area (Å²) in [7, 11) is 0.0417. The van der Waals surface area contributed by atoms with E-state index in [1.165, 1.54) is 9.21 Å². The third-order valence-corrected chi connectivity index (χ3v) is 5.77. The van der Waals surface area contributed by atoms with E-state index in [1.54, 1.807) is 44.2 Å². The van der Waals surface area contributed by atoms with Crippen LogP contribution in [0.1, 0.15) is 19.8 Å². The molecule has 0 N–H and O–H groups in total. The fraction of sp³-hybridized carbons (Fsp3) is 0.692. The van der Waals surface area contributed by atoms with Gasteiger partial charge in [0.25, 0.3) is 5.91 Å². The van der Waals surface area contributed by atoms with Crippen LogP contribution in [-0.4, -0.2) is 66.2 Å². The van der Waals surface area contributed by atoms with Gasteiger partial charge in [-0.05, 0) is 25.8 Å². The van der Waals surface area contributed by atoms with E-state index < -0.39 is 15.6 Å². The number of hydrogen-bond donors (Lipinski definition) is 0. The second-order valence-electron chi connectivity index (χ2n) is 5.52. The minimum Gasteiger partial charge on any atom is -0.347 e. The molecule has 118 valence electrons. The molecule has 1 amide bonds. The Bertz CT molecular complexity index is 597. The van der Waals surface area contributed by atoms with Crippen LogP contribution in [0.5, 0.6) is 0 Å². The molecule has 1 saturated heterocycles. The molecule has 0 aliphatic carbocycles. The minimum atomic E-state index is -3.32. The Labute approximate surface area is 125 Å². The first-order chi connectivity index (χ1) is 9.83. The van der Waals surface area contributed by atoms with Crippen LogP contribution in [0.25, 0.3) is 0 Å². The number of hydrogen-bond acceptors (Lipinski definition) is 4. The van der Waals surface area contributed by atoms with Gasteiger partial charge in [0.2, 0.25) is 10.0 Å². The number of piperidine rings is 1. The van der Waals surface area contributed by atoms with Gasteiger partial charge in [0, 0.05) is 39.6 Å². The van der Waals surface area contributed by atoms with E-state index in [0.717, 1.165) is 0 Å². The lowest BCUT2D eigenvalue weighted by atomic mass is 9.88. The summed E-state index contributed by atoms with van der Waals surface area (Å²) < 4.78 is 27.4. The Morgan fingerprint density at radius 1 is 1.43 bits per heavy atom. The van der Waals surface area contributed by atoms with Crippen LogP contribution in [0.4, 0.5) is 0 Å². The minimum absolute atomic E-state index is 0.0400. The van der Waals surface area contributed by atoms with Gasteiger partial charge in [-0.25, -0.2) is 8.42 Å². The first-order valence-corrected chi connectivity index (χ1v) is 8.64. The highest BCUT2D eigenvalue weighted by Crippen LogP contribution is 2.31. The largest absolute Gasteiger partial charge is 0.347 e. The lowest BCUT2D eigenvalue weighted by molar-refractivity contribution is -0.141. The lowest BCUT2D eigenvalue weighted by Crippen LogP contribution is -2.59. The third-order valence-electron chi connectivity index (χ3n) is 3.94. The van der Waals surface area contributed by atoms with E-state index in [-0.39, 0.29) is 18.2 Å².